The number of nitrogens with two attached hydrogens (primary N) is 1. The van der Waals surface area contributed by atoms with Gasteiger partial charge in [0.1, 0.15) is 0 Å². The molecule has 0 fully saturated rings. The van der Waals surface area contributed by atoms with E-state index in [1.54, 1.807) is 16.7 Å². The number of benzene rings is 1. The third-order valence-electron chi connectivity index (χ3n) is 2.67. The standard InChI is InChI=1S/C15H24N2OS/c1-12-5-7-13(8-6-12)9-17(4)14(18)10-19-11-15(2,3)16/h5-8H,9-11,16H2,1-4H3. The monoisotopic (exact) mass is 280 g/mol. The predicted molar refractivity (Wildman–Crippen MR) is 83.2 cm³/mol. The molecule has 0 saturated carbocycles. The molecule has 3 nitrogen and oxygen atoms in total. The van der Waals surface area contributed by atoms with Crippen molar-refractivity contribution >= 4 is 17.7 Å². The van der Waals surface area contributed by atoms with Crippen LogP contribution in [0, 0.1) is 6.92 Å². The molecule has 0 aromatic heterocycles. The van der Waals surface area contributed by atoms with Crippen LogP contribution < -0.4 is 5.73 Å². The van der Waals surface area contributed by atoms with Gasteiger partial charge in [-0.05, 0) is 26.3 Å². The molecule has 1 aromatic rings. The Morgan fingerprint density at radius 3 is 2.42 bits per heavy atom. The highest BCUT2D eigenvalue weighted by molar-refractivity contribution is 8.00. The summed E-state index contributed by atoms with van der Waals surface area (Å²) in [6.07, 6.45) is 0. The number of aryl methyl sites for hydroxylation is 1. The second-order valence-electron chi connectivity index (χ2n) is 5.72. The molecular weight excluding hydrogens is 256 g/mol. The Bertz CT molecular complexity index is 409. The van der Waals surface area contributed by atoms with Gasteiger partial charge in [-0.3, -0.25) is 4.79 Å². The number of hydrogen-bond donors (Lipinski definition) is 1. The van der Waals surface area contributed by atoms with Crippen LogP contribution in [0.2, 0.25) is 0 Å². The number of thioether (sulfide) groups is 1. The predicted octanol–water partition coefficient (Wildman–Crippen LogP) is 2.42. The molecule has 0 bridgehead atoms. The van der Waals surface area contributed by atoms with Gasteiger partial charge in [0.2, 0.25) is 5.91 Å². The lowest BCUT2D eigenvalue weighted by Crippen LogP contribution is -2.36. The van der Waals surface area contributed by atoms with Gasteiger partial charge in [0, 0.05) is 24.9 Å². The molecule has 1 amide bonds. The highest BCUT2D eigenvalue weighted by atomic mass is 32.2. The number of carbonyl (C=O) groups excluding carboxylic acids is 1. The molecule has 0 spiro atoms. The van der Waals surface area contributed by atoms with Crippen LogP contribution in [0.15, 0.2) is 24.3 Å². The Hall–Kier alpha value is -1.00. The maximum atomic E-state index is 12.0. The lowest BCUT2D eigenvalue weighted by molar-refractivity contribution is -0.127. The Morgan fingerprint density at radius 1 is 1.32 bits per heavy atom. The Kier molecular flexibility index (Phi) is 5.88. The van der Waals surface area contributed by atoms with E-state index in [9.17, 15) is 4.79 Å². The summed E-state index contributed by atoms with van der Waals surface area (Å²) in [5, 5.41) is 0. The minimum atomic E-state index is -0.222. The van der Waals surface area contributed by atoms with Crippen molar-refractivity contribution in [3.8, 4) is 0 Å². The van der Waals surface area contributed by atoms with Gasteiger partial charge >= 0.3 is 0 Å². The molecule has 1 aromatic carbocycles. The normalized spacial score (nSPS) is 11.4. The summed E-state index contributed by atoms with van der Waals surface area (Å²) in [6, 6.07) is 8.27. The summed E-state index contributed by atoms with van der Waals surface area (Å²) in [4.78, 5) is 13.7. The van der Waals surface area contributed by atoms with Crippen LogP contribution in [-0.2, 0) is 11.3 Å². The van der Waals surface area contributed by atoms with E-state index in [0.717, 1.165) is 11.3 Å². The van der Waals surface area contributed by atoms with E-state index >= 15 is 0 Å². The molecular formula is C15H24N2OS. The molecule has 4 heteroatoms. The fourth-order valence-electron chi connectivity index (χ4n) is 1.57. The Balaban J connectivity index is 2.38. The number of nitrogens with zero attached hydrogens (tertiary/aromatic N) is 1. The molecule has 0 saturated heterocycles. The minimum absolute atomic E-state index is 0.148. The van der Waals surface area contributed by atoms with Gasteiger partial charge in [-0.2, -0.15) is 11.8 Å². The van der Waals surface area contributed by atoms with Crippen molar-refractivity contribution in [2.45, 2.75) is 32.9 Å². The molecule has 0 aliphatic rings. The Labute approximate surface area is 120 Å². The topological polar surface area (TPSA) is 46.3 Å². The molecule has 0 atom stereocenters. The highest BCUT2D eigenvalue weighted by Crippen LogP contribution is 2.12. The second-order valence-corrected chi connectivity index (χ2v) is 6.70. The minimum Gasteiger partial charge on any atom is -0.341 e. The molecule has 1 rings (SSSR count). The third-order valence-corrected chi connectivity index (χ3v) is 4.06. The lowest BCUT2D eigenvalue weighted by Gasteiger charge is -2.20. The SMILES string of the molecule is Cc1ccc(CN(C)C(=O)CSCC(C)(C)N)cc1. The van der Waals surface area contributed by atoms with Gasteiger partial charge in [0.15, 0.2) is 0 Å². The van der Waals surface area contributed by atoms with Crippen LogP contribution in [0.5, 0.6) is 0 Å². The van der Waals surface area contributed by atoms with Crippen molar-refractivity contribution in [3.05, 3.63) is 35.4 Å². The van der Waals surface area contributed by atoms with E-state index in [4.69, 9.17) is 5.73 Å². The summed E-state index contributed by atoms with van der Waals surface area (Å²) in [5.41, 5.74) is 8.06. The zero-order valence-corrected chi connectivity index (χ0v) is 13.1. The molecule has 0 aliphatic carbocycles. The largest absolute Gasteiger partial charge is 0.341 e. The zero-order valence-electron chi connectivity index (χ0n) is 12.3. The van der Waals surface area contributed by atoms with Crippen LogP contribution in [0.3, 0.4) is 0 Å². The zero-order chi connectivity index (χ0) is 14.5. The number of rotatable bonds is 6. The van der Waals surface area contributed by atoms with Crippen LogP contribution >= 0.6 is 11.8 Å². The maximum absolute atomic E-state index is 12.0. The summed E-state index contributed by atoms with van der Waals surface area (Å²) in [6.45, 7) is 6.66. The molecule has 106 valence electrons. The van der Waals surface area contributed by atoms with E-state index in [-0.39, 0.29) is 11.4 Å². The van der Waals surface area contributed by atoms with E-state index in [2.05, 4.69) is 31.2 Å². The maximum Gasteiger partial charge on any atom is 0.232 e. The lowest BCUT2D eigenvalue weighted by atomic mass is 10.1. The van der Waals surface area contributed by atoms with Gasteiger partial charge in [-0.15, -0.1) is 0 Å². The van der Waals surface area contributed by atoms with Gasteiger partial charge < -0.3 is 10.6 Å². The third kappa shape index (κ3) is 6.64. The highest BCUT2D eigenvalue weighted by Gasteiger charge is 2.14. The first-order valence-corrected chi connectivity index (χ1v) is 7.59. The van der Waals surface area contributed by atoms with Crippen LogP contribution in [0.25, 0.3) is 0 Å². The smallest absolute Gasteiger partial charge is 0.232 e. The first-order valence-electron chi connectivity index (χ1n) is 6.44. The quantitative estimate of drug-likeness (QED) is 0.870. The van der Waals surface area contributed by atoms with Gasteiger partial charge in [-0.1, -0.05) is 29.8 Å². The summed E-state index contributed by atoms with van der Waals surface area (Å²) in [7, 11) is 1.84. The first-order chi connectivity index (χ1) is 8.78. The van der Waals surface area contributed by atoms with Crippen LogP contribution in [0.1, 0.15) is 25.0 Å². The van der Waals surface area contributed by atoms with Crippen molar-refractivity contribution in [1.29, 1.82) is 0 Å². The van der Waals surface area contributed by atoms with Crippen LogP contribution in [-0.4, -0.2) is 34.9 Å². The van der Waals surface area contributed by atoms with Crippen molar-refractivity contribution in [2.75, 3.05) is 18.6 Å². The fraction of sp³-hybridized carbons (Fsp3) is 0.533. The molecule has 0 aliphatic heterocycles. The molecule has 19 heavy (non-hydrogen) atoms. The molecule has 2 N–H and O–H groups in total. The van der Waals surface area contributed by atoms with Crippen molar-refractivity contribution in [3.63, 3.8) is 0 Å². The second kappa shape index (κ2) is 6.96. The van der Waals surface area contributed by atoms with Crippen LogP contribution in [0.4, 0.5) is 0 Å². The average molecular weight is 280 g/mol. The summed E-state index contributed by atoms with van der Waals surface area (Å²) >= 11 is 1.59. The Morgan fingerprint density at radius 2 is 1.89 bits per heavy atom. The summed E-state index contributed by atoms with van der Waals surface area (Å²) in [5.74, 6) is 1.43. The average Bonchev–Trinajstić information content (AvgIpc) is 2.30. The van der Waals surface area contributed by atoms with Gasteiger partial charge in [0.05, 0.1) is 5.75 Å². The fourth-order valence-corrected chi connectivity index (χ4v) is 2.59. The number of amides is 1. The van der Waals surface area contributed by atoms with Gasteiger partial charge in [0.25, 0.3) is 0 Å². The molecule has 0 unspecified atom stereocenters. The molecule has 0 heterocycles. The van der Waals surface area contributed by atoms with Crippen molar-refractivity contribution < 1.29 is 4.79 Å². The number of carbonyl (C=O) groups is 1. The van der Waals surface area contributed by atoms with Crippen molar-refractivity contribution in [2.24, 2.45) is 5.73 Å². The van der Waals surface area contributed by atoms with Crippen molar-refractivity contribution in [1.82, 2.24) is 4.90 Å². The van der Waals surface area contributed by atoms with E-state index in [1.807, 2.05) is 20.9 Å². The molecule has 0 radical (unpaired) electrons. The summed E-state index contributed by atoms with van der Waals surface area (Å²) < 4.78 is 0. The number of hydrogen-bond acceptors (Lipinski definition) is 3. The van der Waals surface area contributed by atoms with E-state index in [1.165, 1.54) is 5.56 Å². The first kappa shape index (κ1) is 16.1. The van der Waals surface area contributed by atoms with Gasteiger partial charge in [-0.25, -0.2) is 0 Å². The van der Waals surface area contributed by atoms with E-state index < -0.39 is 0 Å². The van der Waals surface area contributed by atoms with E-state index in [0.29, 0.717) is 12.3 Å².